The smallest absolute Gasteiger partial charge is 0.442 e. The van der Waals surface area contributed by atoms with Crippen LogP contribution in [0, 0.1) is 0 Å². The van der Waals surface area contributed by atoms with Gasteiger partial charge in [-0.05, 0) is 41.5 Å². The summed E-state index contributed by atoms with van der Waals surface area (Å²) in [6.45, 7) is 10.6. The van der Waals surface area contributed by atoms with Crippen molar-refractivity contribution in [3.8, 4) is 0 Å². The largest absolute Gasteiger partial charge is 0.442 e. The van der Waals surface area contributed by atoms with E-state index in [1.807, 2.05) is 0 Å². The van der Waals surface area contributed by atoms with Gasteiger partial charge in [-0.25, -0.2) is 9.00 Å². The molecule has 0 saturated heterocycles. The molecule has 0 radical (unpaired) electrons. The van der Waals surface area contributed by atoms with Gasteiger partial charge in [-0.15, -0.1) is 4.36 Å². The van der Waals surface area contributed by atoms with Gasteiger partial charge in [0, 0.05) is 11.0 Å². The molecule has 0 aromatic heterocycles. The number of carbonyl (C=O) groups is 1. The van der Waals surface area contributed by atoms with Crippen LogP contribution in [0.25, 0.3) is 0 Å². The summed E-state index contributed by atoms with van der Waals surface area (Å²) in [7, 11) is -2.57. The number of amides is 1. The number of carbonyl (C=O) groups excluding carboxylic acids is 1. The second kappa shape index (κ2) is 4.12. The fourth-order valence-corrected chi connectivity index (χ4v) is 1.16. The highest BCUT2D eigenvalue weighted by molar-refractivity contribution is 7.94. The first-order chi connectivity index (χ1) is 6.35. The average Bonchev–Trinajstić information content (AvgIpc) is 1.75. The summed E-state index contributed by atoms with van der Waals surface area (Å²) in [4.78, 5) is 11.4. The molecule has 15 heavy (non-hydrogen) atoms. The van der Waals surface area contributed by atoms with Gasteiger partial charge in [0.05, 0.1) is 9.73 Å². The number of nitrogens with zero attached hydrogens (tertiary/aromatic N) is 1. The van der Waals surface area contributed by atoms with Crippen LogP contribution in [0.1, 0.15) is 41.5 Å². The predicted octanol–water partition coefficient (Wildman–Crippen LogP) is 2.82. The molecule has 1 atom stereocenters. The molecule has 0 aliphatic carbocycles. The maximum absolute atomic E-state index is 12.0. The van der Waals surface area contributed by atoms with E-state index in [0.717, 1.165) is 0 Å². The molecule has 0 aromatic carbocycles. The zero-order valence-electron chi connectivity index (χ0n) is 10.6. The fourth-order valence-electron chi connectivity index (χ4n) is 0.560. The maximum Gasteiger partial charge on any atom is 0.442 e. The van der Waals surface area contributed by atoms with E-state index in [2.05, 4.69) is 4.36 Å². The molecule has 0 rings (SSSR count). The van der Waals surface area contributed by atoms with Crippen LogP contribution >= 0.6 is 0 Å². The van der Waals surface area contributed by atoms with E-state index in [1.165, 1.54) is 6.26 Å². The van der Waals surface area contributed by atoms with Crippen molar-refractivity contribution in [2.45, 2.75) is 51.9 Å². The third-order valence-corrected chi connectivity index (χ3v) is 4.55. The number of hydrogen-bond donors (Lipinski definition) is 0. The van der Waals surface area contributed by atoms with Gasteiger partial charge in [-0.2, -0.15) is 0 Å². The summed E-state index contributed by atoms with van der Waals surface area (Å²) in [5, 5.41) is 0. The van der Waals surface area contributed by atoms with Crippen LogP contribution in [0.2, 0.25) is 0 Å². The van der Waals surface area contributed by atoms with Crippen molar-refractivity contribution >= 4 is 15.8 Å². The molecular formula is C10H21NO3S. The molecule has 0 aromatic rings. The lowest BCUT2D eigenvalue weighted by Gasteiger charge is -2.22. The fraction of sp³-hybridized carbons (Fsp3) is 0.900. The zero-order valence-corrected chi connectivity index (χ0v) is 11.4. The summed E-state index contributed by atoms with van der Waals surface area (Å²) in [5.41, 5.74) is -0.603. The van der Waals surface area contributed by atoms with Crippen molar-refractivity contribution in [1.29, 1.82) is 0 Å². The molecule has 0 spiro atoms. The Hall–Kier alpha value is -0.580. The van der Waals surface area contributed by atoms with Crippen molar-refractivity contribution in [3.63, 3.8) is 0 Å². The minimum absolute atomic E-state index is 0.538. The Labute approximate surface area is 92.6 Å². The van der Waals surface area contributed by atoms with Gasteiger partial charge in [0.2, 0.25) is 0 Å². The Balaban J connectivity index is 4.94. The maximum atomic E-state index is 12.0. The molecule has 0 N–H and O–H groups in total. The number of ether oxygens (including phenoxy) is 1. The second-order valence-electron chi connectivity index (χ2n) is 5.49. The highest BCUT2D eigenvalue weighted by Crippen LogP contribution is 2.18. The van der Waals surface area contributed by atoms with Crippen LogP contribution in [-0.4, -0.2) is 26.9 Å². The van der Waals surface area contributed by atoms with Crippen molar-refractivity contribution in [2.75, 3.05) is 6.26 Å². The quantitative estimate of drug-likeness (QED) is 0.648. The van der Waals surface area contributed by atoms with Crippen LogP contribution in [0.5, 0.6) is 0 Å². The van der Waals surface area contributed by atoms with E-state index in [4.69, 9.17) is 4.74 Å². The summed E-state index contributed by atoms with van der Waals surface area (Å²) >= 11 is 0. The molecule has 0 bridgehead atoms. The third kappa shape index (κ3) is 5.16. The predicted molar refractivity (Wildman–Crippen MR) is 62.5 cm³/mol. The summed E-state index contributed by atoms with van der Waals surface area (Å²) in [6, 6.07) is 0. The Morgan fingerprint density at radius 1 is 1.13 bits per heavy atom. The Morgan fingerprint density at radius 2 is 1.53 bits per heavy atom. The number of rotatable bonds is 0. The van der Waals surface area contributed by atoms with Crippen molar-refractivity contribution in [3.05, 3.63) is 0 Å². The van der Waals surface area contributed by atoms with E-state index in [0.29, 0.717) is 0 Å². The van der Waals surface area contributed by atoms with Crippen LogP contribution in [-0.2, 0) is 14.5 Å². The van der Waals surface area contributed by atoms with Gasteiger partial charge < -0.3 is 4.74 Å². The van der Waals surface area contributed by atoms with Gasteiger partial charge in [0.25, 0.3) is 0 Å². The van der Waals surface area contributed by atoms with Gasteiger partial charge >= 0.3 is 6.09 Å². The molecule has 0 aliphatic rings. The van der Waals surface area contributed by atoms with Crippen molar-refractivity contribution in [2.24, 2.45) is 4.36 Å². The molecule has 1 unspecified atom stereocenters. The summed E-state index contributed by atoms with van der Waals surface area (Å²) in [6.07, 6.45) is 0.710. The van der Waals surface area contributed by atoms with Crippen LogP contribution in [0.4, 0.5) is 4.79 Å². The van der Waals surface area contributed by atoms with Gasteiger partial charge in [-0.3, -0.25) is 0 Å². The lowest BCUT2D eigenvalue weighted by atomic mass is 10.2. The normalized spacial score (nSPS) is 16.7. The van der Waals surface area contributed by atoms with Gasteiger partial charge in [0.15, 0.2) is 0 Å². The average molecular weight is 235 g/mol. The first-order valence-electron chi connectivity index (χ1n) is 4.80. The van der Waals surface area contributed by atoms with Crippen molar-refractivity contribution < 1.29 is 13.7 Å². The van der Waals surface area contributed by atoms with E-state index >= 15 is 0 Å². The Bertz CT molecular complexity index is 352. The van der Waals surface area contributed by atoms with E-state index < -0.39 is 26.2 Å². The van der Waals surface area contributed by atoms with Crippen LogP contribution < -0.4 is 0 Å². The molecule has 0 saturated carbocycles. The second-order valence-corrected chi connectivity index (χ2v) is 8.50. The van der Waals surface area contributed by atoms with Crippen molar-refractivity contribution in [1.82, 2.24) is 0 Å². The van der Waals surface area contributed by atoms with E-state index in [1.54, 1.807) is 41.5 Å². The molecule has 0 heterocycles. The highest BCUT2D eigenvalue weighted by Gasteiger charge is 2.25. The first kappa shape index (κ1) is 14.4. The SMILES string of the molecule is CC(C)(C)OC(=O)N=S(C)(=O)C(C)(C)C. The highest BCUT2D eigenvalue weighted by atomic mass is 32.2. The molecule has 0 aliphatic heterocycles. The Kier molecular flexibility index (Phi) is 3.96. The van der Waals surface area contributed by atoms with Gasteiger partial charge in [0.1, 0.15) is 5.60 Å². The van der Waals surface area contributed by atoms with E-state index in [-0.39, 0.29) is 0 Å². The van der Waals surface area contributed by atoms with E-state index in [9.17, 15) is 9.00 Å². The minimum Gasteiger partial charge on any atom is -0.442 e. The molecule has 90 valence electrons. The summed E-state index contributed by atoms with van der Waals surface area (Å²) < 4.78 is 20.1. The molecule has 0 fully saturated rings. The standard InChI is InChI=1S/C10H21NO3S/c1-9(2,3)14-8(12)11-15(7,13)10(4,5)6/h1-7H3. The first-order valence-corrected chi connectivity index (χ1v) is 6.72. The third-order valence-electron chi connectivity index (χ3n) is 1.78. The minimum atomic E-state index is -2.57. The number of hydrogen-bond acceptors (Lipinski definition) is 3. The lowest BCUT2D eigenvalue weighted by molar-refractivity contribution is 0.0607. The molecule has 1 amide bonds. The molecule has 4 nitrogen and oxygen atoms in total. The molecule has 5 heteroatoms. The summed E-state index contributed by atoms with van der Waals surface area (Å²) in [5.74, 6) is 0. The van der Waals surface area contributed by atoms with Crippen LogP contribution in [0.15, 0.2) is 4.36 Å². The molecular weight excluding hydrogens is 214 g/mol. The topological polar surface area (TPSA) is 55.7 Å². The lowest BCUT2D eigenvalue weighted by Crippen LogP contribution is -2.29. The van der Waals surface area contributed by atoms with Gasteiger partial charge in [-0.1, -0.05) is 0 Å². The monoisotopic (exact) mass is 235 g/mol. The Morgan fingerprint density at radius 3 is 1.80 bits per heavy atom. The zero-order chi connectivity index (χ0) is 12.5. The van der Waals surface area contributed by atoms with Crippen LogP contribution in [0.3, 0.4) is 0 Å².